The van der Waals surface area contributed by atoms with Crippen molar-refractivity contribution in [1.82, 2.24) is 4.90 Å². The molecule has 7 heteroatoms. The number of aliphatic carboxylic acids is 1. The largest absolute Gasteiger partial charge is 0.481 e. The van der Waals surface area contributed by atoms with E-state index in [1.165, 1.54) is 0 Å². The Morgan fingerprint density at radius 1 is 1.20 bits per heavy atom. The average Bonchev–Trinajstić information content (AvgIpc) is 2.60. The number of rotatable bonds is 6. The molecule has 136 valence electrons. The van der Waals surface area contributed by atoms with Crippen LogP contribution in [0, 0.1) is 5.92 Å². The fourth-order valence-electron chi connectivity index (χ4n) is 2.65. The highest BCUT2D eigenvalue weighted by Crippen LogP contribution is 2.20. The van der Waals surface area contributed by atoms with Crippen molar-refractivity contribution in [3.63, 3.8) is 0 Å². The van der Waals surface area contributed by atoms with E-state index in [1.807, 2.05) is 13.8 Å². The van der Waals surface area contributed by atoms with Gasteiger partial charge in [-0.05, 0) is 51.0 Å². The molecule has 1 heterocycles. The maximum absolute atomic E-state index is 12.5. The molecule has 0 saturated carbocycles. The van der Waals surface area contributed by atoms with Crippen molar-refractivity contribution < 1.29 is 24.2 Å². The lowest BCUT2D eigenvalue weighted by Crippen LogP contribution is -2.40. The van der Waals surface area contributed by atoms with Crippen LogP contribution >= 0.6 is 0 Å². The summed E-state index contributed by atoms with van der Waals surface area (Å²) < 4.78 is 5.23. The van der Waals surface area contributed by atoms with Crippen LogP contribution in [-0.2, 0) is 14.3 Å². The number of carboxylic acid groups (broad SMARTS) is 1. The van der Waals surface area contributed by atoms with Crippen molar-refractivity contribution in [2.75, 3.05) is 25.0 Å². The lowest BCUT2D eigenvalue weighted by Gasteiger charge is -2.30. The van der Waals surface area contributed by atoms with Crippen LogP contribution in [0.5, 0.6) is 0 Å². The Labute approximate surface area is 147 Å². The fourth-order valence-corrected chi connectivity index (χ4v) is 2.65. The van der Waals surface area contributed by atoms with Gasteiger partial charge in [0.05, 0.1) is 12.0 Å². The van der Waals surface area contributed by atoms with Gasteiger partial charge in [0.2, 0.25) is 5.91 Å². The quantitative estimate of drug-likeness (QED) is 0.819. The molecule has 7 nitrogen and oxygen atoms in total. The minimum absolute atomic E-state index is 0.0170. The van der Waals surface area contributed by atoms with Crippen LogP contribution in [0.25, 0.3) is 0 Å². The van der Waals surface area contributed by atoms with E-state index >= 15 is 0 Å². The van der Waals surface area contributed by atoms with Gasteiger partial charge in [-0.3, -0.25) is 14.4 Å². The lowest BCUT2D eigenvalue weighted by atomic mass is 9.96. The van der Waals surface area contributed by atoms with Gasteiger partial charge in [-0.25, -0.2) is 0 Å². The molecule has 2 rings (SSSR count). The molecule has 2 amide bonds. The first kappa shape index (κ1) is 18.9. The van der Waals surface area contributed by atoms with Crippen LogP contribution < -0.4 is 5.32 Å². The highest BCUT2D eigenvalue weighted by Gasteiger charge is 2.27. The third kappa shape index (κ3) is 5.56. The van der Waals surface area contributed by atoms with Gasteiger partial charge >= 0.3 is 5.97 Å². The molecule has 1 aromatic carbocycles. The van der Waals surface area contributed by atoms with E-state index in [2.05, 4.69) is 5.32 Å². The van der Waals surface area contributed by atoms with Gasteiger partial charge in [-0.1, -0.05) is 0 Å². The number of carboxylic acids is 1. The Morgan fingerprint density at radius 2 is 1.80 bits per heavy atom. The van der Waals surface area contributed by atoms with Crippen molar-refractivity contribution in [2.24, 2.45) is 5.92 Å². The second-order valence-electron chi connectivity index (χ2n) is 6.39. The molecule has 0 unspecified atom stereocenters. The van der Waals surface area contributed by atoms with Crippen LogP contribution in [0.2, 0.25) is 0 Å². The standard InChI is InChI=1S/C18H24N2O5/c1-12(2)25-11-16(21)19-15-5-3-13(4-6-15)17(22)20-9-7-14(8-10-20)18(23)24/h3-6,12,14H,7-11H2,1-2H3,(H,19,21)(H,23,24). The van der Waals surface area contributed by atoms with Gasteiger partial charge in [0.1, 0.15) is 6.61 Å². The number of carbonyl (C=O) groups excluding carboxylic acids is 2. The Bertz CT molecular complexity index is 619. The van der Waals surface area contributed by atoms with Crippen LogP contribution in [0.4, 0.5) is 5.69 Å². The second kappa shape index (κ2) is 8.62. The first-order valence-electron chi connectivity index (χ1n) is 8.40. The summed E-state index contributed by atoms with van der Waals surface area (Å²) in [6.45, 7) is 4.58. The van der Waals surface area contributed by atoms with Crippen LogP contribution in [-0.4, -0.2) is 53.6 Å². The number of carbonyl (C=O) groups is 3. The van der Waals surface area contributed by atoms with E-state index in [1.54, 1.807) is 29.2 Å². The monoisotopic (exact) mass is 348 g/mol. The molecular formula is C18H24N2O5. The molecule has 0 aromatic heterocycles. The molecule has 25 heavy (non-hydrogen) atoms. The number of hydrogen-bond acceptors (Lipinski definition) is 4. The van der Waals surface area contributed by atoms with Gasteiger partial charge < -0.3 is 20.1 Å². The van der Waals surface area contributed by atoms with Gasteiger partial charge in [-0.2, -0.15) is 0 Å². The van der Waals surface area contributed by atoms with E-state index in [-0.39, 0.29) is 30.4 Å². The number of amides is 2. The van der Waals surface area contributed by atoms with Gasteiger partial charge in [0, 0.05) is 24.3 Å². The number of piperidine rings is 1. The Balaban J connectivity index is 1.88. The van der Waals surface area contributed by atoms with E-state index in [4.69, 9.17) is 9.84 Å². The van der Waals surface area contributed by atoms with Gasteiger partial charge in [-0.15, -0.1) is 0 Å². The van der Waals surface area contributed by atoms with E-state index in [9.17, 15) is 14.4 Å². The number of likely N-dealkylation sites (tertiary alicyclic amines) is 1. The highest BCUT2D eigenvalue weighted by molar-refractivity contribution is 5.96. The summed E-state index contributed by atoms with van der Waals surface area (Å²) >= 11 is 0. The average molecular weight is 348 g/mol. The smallest absolute Gasteiger partial charge is 0.306 e. The second-order valence-corrected chi connectivity index (χ2v) is 6.39. The molecule has 0 bridgehead atoms. The summed E-state index contributed by atoms with van der Waals surface area (Å²) in [5, 5.41) is 11.7. The lowest BCUT2D eigenvalue weighted by molar-refractivity contribution is -0.143. The number of benzene rings is 1. The summed E-state index contributed by atoms with van der Waals surface area (Å²) in [4.78, 5) is 36.8. The Kier molecular flexibility index (Phi) is 6.52. The molecule has 1 aliphatic rings. The van der Waals surface area contributed by atoms with E-state index in [0.29, 0.717) is 37.2 Å². The maximum atomic E-state index is 12.5. The molecule has 1 aliphatic heterocycles. The summed E-state index contributed by atoms with van der Waals surface area (Å²) in [7, 11) is 0. The SMILES string of the molecule is CC(C)OCC(=O)Nc1ccc(C(=O)N2CCC(C(=O)O)CC2)cc1. The molecule has 0 atom stereocenters. The van der Waals surface area contributed by atoms with Crippen molar-refractivity contribution in [3.8, 4) is 0 Å². The molecule has 1 saturated heterocycles. The zero-order valence-corrected chi connectivity index (χ0v) is 14.5. The summed E-state index contributed by atoms with van der Waals surface area (Å²) in [5.41, 5.74) is 1.11. The third-order valence-electron chi connectivity index (χ3n) is 4.09. The molecule has 0 aliphatic carbocycles. The first-order chi connectivity index (χ1) is 11.9. The predicted octanol–water partition coefficient (Wildman–Crippen LogP) is 1.99. The topological polar surface area (TPSA) is 95.9 Å². The summed E-state index contributed by atoms with van der Waals surface area (Å²) in [6.07, 6.45) is 0.937. The van der Waals surface area contributed by atoms with Crippen molar-refractivity contribution in [1.29, 1.82) is 0 Å². The normalized spacial score (nSPS) is 15.2. The van der Waals surface area contributed by atoms with E-state index in [0.717, 1.165) is 0 Å². The molecular weight excluding hydrogens is 324 g/mol. The minimum Gasteiger partial charge on any atom is -0.481 e. The third-order valence-corrected chi connectivity index (χ3v) is 4.09. The Hall–Kier alpha value is -2.41. The van der Waals surface area contributed by atoms with Crippen LogP contribution in [0.3, 0.4) is 0 Å². The predicted molar refractivity (Wildman–Crippen MR) is 92.4 cm³/mol. The van der Waals surface area contributed by atoms with Crippen molar-refractivity contribution in [2.45, 2.75) is 32.8 Å². The molecule has 0 spiro atoms. The van der Waals surface area contributed by atoms with Crippen molar-refractivity contribution in [3.05, 3.63) is 29.8 Å². The maximum Gasteiger partial charge on any atom is 0.306 e. The molecule has 1 fully saturated rings. The Morgan fingerprint density at radius 3 is 2.32 bits per heavy atom. The number of hydrogen-bond donors (Lipinski definition) is 2. The fraction of sp³-hybridized carbons (Fsp3) is 0.500. The number of nitrogens with zero attached hydrogens (tertiary/aromatic N) is 1. The van der Waals surface area contributed by atoms with Gasteiger partial charge in [0.15, 0.2) is 0 Å². The van der Waals surface area contributed by atoms with Crippen LogP contribution in [0.15, 0.2) is 24.3 Å². The minimum atomic E-state index is -0.798. The zero-order valence-electron chi connectivity index (χ0n) is 14.5. The van der Waals surface area contributed by atoms with Crippen molar-refractivity contribution >= 4 is 23.5 Å². The summed E-state index contributed by atoms with van der Waals surface area (Å²) in [6, 6.07) is 6.66. The first-order valence-corrected chi connectivity index (χ1v) is 8.40. The van der Waals surface area contributed by atoms with Crippen LogP contribution in [0.1, 0.15) is 37.0 Å². The van der Waals surface area contributed by atoms with E-state index < -0.39 is 5.97 Å². The molecule has 1 aromatic rings. The molecule has 0 radical (unpaired) electrons. The highest BCUT2D eigenvalue weighted by atomic mass is 16.5. The molecule has 2 N–H and O–H groups in total. The number of anilines is 1. The number of ether oxygens (including phenoxy) is 1. The summed E-state index contributed by atoms with van der Waals surface area (Å²) in [5.74, 6) is -1.53. The zero-order chi connectivity index (χ0) is 18.4. The van der Waals surface area contributed by atoms with Gasteiger partial charge in [0.25, 0.3) is 5.91 Å². The number of nitrogens with one attached hydrogen (secondary N) is 1.